The van der Waals surface area contributed by atoms with E-state index in [1.807, 2.05) is 0 Å². The van der Waals surface area contributed by atoms with Crippen molar-refractivity contribution < 1.29 is 4.79 Å². The molecule has 2 nitrogen and oxygen atoms in total. The van der Waals surface area contributed by atoms with Gasteiger partial charge in [-0.25, -0.2) is 0 Å². The Bertz CT molecular complexity index is 100. The zero-order valence-corrected chi connectivity index (χ0v) is 8.36. The van der Waals surface area contributed by atoms with Gasteiger partial charge in [0.05, 0.1) is 0 Å². The summed E-state index contributed by atoms with van der Waals surface area (Å²) < 4.78 is 0. The molecule has 0 spiro atoms. The molecule has 0 radical (unpaired) electrons. The Morgan fingerprint density at radius 2 is 1.83 bits per heavy atom. The van der Waals surface area contributed by atoms with Crippen LogP contribution in [0.5, 0.6) is 0 Å². The van der Waals surface area contributed by atoms with Crippen molar-refractivity contribution in [2.75, 3.05) is 6.54 Å². The molecule has 1 heterocycles. The molecule has 12 heavy (non-hydrogen) atoms. The van der Waals surface area contributed by atoms with E-state index in [1.54, 1.807) is 0 Å². The lowest BCUT2D eigenvalue weighted by molar-refractivity contribution is -0.120. The van der Waals surface area contributed by atoms with Crippen LogP contribution in [0.3, 0.4) is 0 Å². The van der Waals surface area contributed by atoms with Crippen molar-refractivity contribution in [1.82, 2.24) is 5.32 Å². The van der Waals surface area contributed by atoms with Gasteiger partial charge in [0.1, 0.15) is 0 Å². The zero-order valence-electron chi connectivity index (χ0n) is 8.36. The summed E-state index contributed by atoms with van der Waals surface area (Å²) in [4.78, 5) is 10.6. The molecule has 0 bridgehead atoms. The molecule has 1 N–H and O–H groups in total. The highest BCUT2D eigenvalue weighted by molar-refractivity contribution is 5.75. The second-order valence-electron chi connectivity index (χ2n) is 3.16. The maximum Gasteiger partial charge on any atom is 0.219 e. The van der Waals surface area contributed by atoms with Gasteiger partial charge in [0.2, 0.25) is 5.91 Å². The summed E-state index contributed by atoms with van der Waals surface area (Å²) in [5.41, 5.74) is 0. The predicted molar refractivity (Wildman–Crippen MR) is 52.1 cm³/mol. The Morgan fingerprint density at radius 1 is 1.17 bits per heavy atom. The van der Waals surface area contributed by atoms with Crippen LogP contribution < -0.4 is 5.32 Å². The van der Waals surface area contributed by atoms with Crippen LogP contribution in [-0.2, 0) is 4.79 Å². The predicted octanol–water partition coefficient (Wildman–Crippen LogP) is 2.48. The quantitative estimate of drug-likeness (QED) is 0.645. The van der Waals surface area contributed by atoms with E-state index < -0.39 is 0 Å². The van der Waals surface area contributed by atoms with Gasteiger partial charge in [-0.15, -0.1) is 0 Å². The van der Waals surface area contributed by atoms with Crippen molar-refractivity contribution in [3.8, 4) is 0 Å². The van der Waals surface area contributed by atoms with Crippen molar-refractivity contribution in [2.24, 2.45) is 0 Å². The molecule has 1 amide bonds. The fraction of sp³-hybridized carbons (Fsp3) is 0.900. The Balaban J connectivity index is 0.000000261. The van der Waals surface area contributed by atoms with Gasteiger partial charge in [-0.1, -0.05) is 33.1 Å². The SMILES string of the molecule is CCCC.O=C1CCCCCN1. The number of rotatable bonds is 1. The summed E-state index contributed by atoms with van der Waals surface area (Å²) in [5, 5.41) is 2.81. The minimum atomic E-state index is 0.225. The highest BCUT2D eigenvalue weighted by atomic mass is 16.1. The van der Waals surface area contributed by atoms with Gasteiger partial charge in [0.15, 0.2) is 0 Å². The lowest BCUT2D eigenvalue weighted by Crippen LogP contribution is -2.21. The van der Waals surface area contributed by atoms with Gasteiger partial charge < -0.3 is 5.32 Å². The summed E-state index contributed by atoms with van der Waals surface area (Å²) in [6.07, 6.45) is 6.82. The molecule has 0 atom stereocenters. The van der Waals surface area contributed by atoms with Crippen molar-refractivity contribution in [3.05, 3.63) is 0 Å². The number of hydrogen-bond acceptors (Lipinski definition) is 1. The van der Waals surface area contributed by atoms with Crippen LogP contribution in [-0.4, -0.2) is 12.5 Å². The van der Waals surface area contributed by atoms with Crippen LogP contribution in [0.15, 0.2) is 0 Å². The van der Waals surface area contributed by atoms with E-state index in [2.05, 4.69) is 19.2 Å². The third-order valence-corrected chi connectivity index (χ3v) is 1.90. The van der Waals surface area contributed by atoms with E-state index in [9.17, 15) is 4.79 Å². The lowest BCUT2D eigenvalue weighted by Gasteiger charge is -1.93. The highest BCUT2D eigenvalue weighted by Crippen LogP contribution is 2.02. The molecule has 0 aromatic carbocycles. The summed E-state index contributed by atoms with van der Waals surface area (Å²) >= 11 is 0. The van der Waals surface area contributed by atoms with Crippen LogP contribution >= 0.6 is 0 Å². The zero-order chi connectivity index (χ0) is 9.23. The molecule has 0 aromatic rings. The first-order valence-electron chi connectivity index (χ1n) is 5.08. The summed E-state index contributed by atoms with van der Waals surface area (Å²) in [5.74, 6) is 0.225. The topological polar surface area (TPSA) is 29.1 Å². The van der Waals surface area contributed by atoms with Gasteiger partial charge in [-0.2, -0.15) is 0 Å². The Kier molecular flexibility index (Phi) is 8.19. The molecule has 0 aliphatic carbocycles. The molecule has 1 saturated heterocycles. The average molecular weight is 171 g/mol. The van der Waals surface area contributed by atoms with Crippen molar-refractivity contribution in [1.29, 1.82) is 0 Å². The van der Waals surface area contributed by atoms with Crippen LogP contribution in [0.4, 0.5) is 0 Å². The largest absolute Gasteiger partial charge is 0.356 e. The van der Waals surface area contributed by atoms with Gasteiger partial charge in [-0.05, 0) is 12.8 Å². The number of nitrogens with one attached hydrogen (secondary N) is 1. The van der Waals surface area contributed by atoms with Gasteiger partial charge in [0.25, 0.3) is 0 Å². The Morgan fingerprint density at radius 3 is 2.42 bits per heavy atom. The third kappa shape index (κ3) is 7.58. The van der Waals surface area contributed by atoms with Gasteiger partial charge in [0, 0.05) is 13.0 Å². The van der Waals surface area contributed by atoms with E-state index in [0.717, 1.165) is 25.8 Å². The maximum atomic E-state index is 10.6. The molecule has 0 saturated carbocycles. The molecule has 72 valence electrons. The Labute approximate surface area is 75.7 Å². The van der Waals surface area contributed by atoms with E-state index in [-0.39, 0.29) is 5.91 Å². The van der Waals surface area contributed by atoms with E-state index in [0.29, 0.717) is 0 Å². The number of carbonyl (C=O) groups excluding carboxylic acids is 1. The smallest absolute Gasteiger partial charge is 0.219 e. The average Bonchev–Trinajstić information content (AvgIpc) is 2.33. The summed E-state index contributed by atoms with van der Waals surface area (Å²) in [6, 6.07) is 0. The minimum absolute atomic E-state index is 0.225. The molecule has 1 aliphatic rings. The molecule has 2 heteroatoms. The van der Waals surface area contributed by atoms with Crippen LogP contribution in [0.2, 0.25) is 0 Å². The molecular formula is C10H21NO. The second kappa shape index (κ2) is 8.57. The monoisotopic (exact) mass is 171 g/mol. The lowest BCUT2D eigenvalue weighted by atomic mass is 10.2. The third-order valence-electron chi connectivity index (χ3n) is 1.90. The molecule has 0 unspecified atom stereocenters. The van der Waals surface area contributed by atoms with Crippen molar-refractivity contribution in [3.63, 3.8) is 0 Å². The van der Waals surface area contributed by atoms with E-state index in [4.69, 9.17) is 0 Å². The van der Waals surface area contributed by atoms with Crippen molar-refractivity contribution in [2.45, 2.75) is 52.4 Å². The number of unbranched alkanes of at least 4 members (excludes halogenated alkanes) is 1. The number of hydrogen-bond donors (Lipinski definition) is 1. The fourth-order valence-corrected chi connectivity index (χ4v) is 0.904. The normalized spacial score (nSPS) is 17.0. The van der Waals surface area contributed by atoms with Crippen LogP contribution in [0.1, 0.15) is 52.4 Å². The highest BCUT2D eigenvalue weighted by Gasteiger charge is 2.03. The van der Waals surface area contributed by atoms with E-state index in [1.165, 1.54) is 19.3 Å². The molecule has 1 aliphatic heterocycles. The van der Waals surface area contributed by atoms with Crippen molar-refractivity contribution >= 4 is 5.91 Å². The Hall–Kier alpha value is -0.530. The second-order valence-corrected chi connectivity index (χ2v) is 3.16. The first kappa shape index (κ1) is 11.5. The van der Waals surface area contributed by atoms with Crippen LogP contribution in [0, 0.1) is 0 Å². The van der Waals surface area contributed by atoms with Gasteiger partial charge in [-0.3, -0.25) is 4.79 Å². The van der Waals surface area contributed by atoms with E-state index >= 15 is 0 Å². The number of carbonyl (C=O) groups is 1. The summed E-state index contributed by atoms with van der Waals surface area (Å²) in [7, 11) is 0. The molecule has 1 rings (SSSR count). The number of amides is 1. The van der Waals surface area contributed by atoms with Crippen LogP contribution in [0.25, 0.3) is 0 Å². The molecule has 1 fully saturated rings. The standard InChI is InChI=1S/C6H11NO.C4H10/c8-6-4-2-1-3-5-7-6;1-3-4-2/h1-5H2,(H,7,8);3-4H2,1-2H3. The first-order valence-corrected chi connectivity index (χ1v) is 5.08. The van der Waals surface area contributed by atoms with Gasteiger partial charge >= 0.3 is 0 Å². The first-order chi connectivity index (χ1) is 5.81. The fourth-order valence-electron chi connectivity index (χ4n) is 0.904. The maximum absolute atomic E-state index is 10.6. The summed E-state index contributed by atoms with van der Waals surface area (Å²) in [6.45, 7) is 5.25. The molecular weight excluding hydrogens is 150 g/mol. The minimum Gasteiger partial charge on any atom is -0.356 e. The molecule has 0 aromatic heterocycles.